The molecule has 2 aromatic rings. The van der Waals surface area contributed by atoms with Gasteiger partial charge < -0.3 is 15.1 Å². The highest BCUT2D eigenvalue weighted by Crippen LogP contribution is 2.15. The van der Waals surface area contributed by atoms with E-state index in [0.29, 0.717) is 18.5 Å². The predicted octanol–water partition coefficient (Wildman–Crippen LogP) is 2.14. The van der Waals surface area contributed by atoms with E-state index in [0.717, 1.165) is 18.7 Å². The molecule has 2 aromatic heterocycles. The Morgan fingerprint density at radius 2 is 2.21 bits per heavy atom. The number of nitrogens with one attached hydrogen (secondary N) is 2. The van der Waals surface area contributed by atoms with Crippen LogP contribution >= 0.6 is 0 Å². The van der Waals surface area contributed by atoms with Crippen LogP contribution in [0.1, 0.15) is 37.9 Å². The van der Waals surface area contributed by atoms with Gasteiger partial charge >= 0.3 is 6.01 Å². The molecular weight excluding hydrogens is 242 g/mol. The summed E-state index contributed by atoms with van der Waals surface area (Å²) in [6, 6.07) is 6.25. The van der Waals surface area contributed by atoms with Crippen LogP contribution in [0.15, 0.2) is 28.8 Å². The zero-order chi connectivity index (χ0) is 13.5. The van der Waals surface area contributed by atoms with E-state index in [1.807, 2.05) is 25.1 Å². The number of pyridine rings is 1. The van der Waals surface area contributed by atoms with E-state index in [1.165, 1.54) is 0 Å². The molecule has 0 aliphatic heterocycles. The summed E-state index contributed by atoms with van der Waals surface area (Å²) in [5.41, 5.74) is 0.936. The van der Waals surface area contributed by atoms with Crippen molar-refractivity contribution in [3.05, 3.63) is 36.0 Å². The summed E-state index contributed by atoms with van der Waals surface area (Å²) in [4.78, 5) is 4.28. The van der Waals surface area contributed by atoms with Gasteiger partial charge in [-0.2, -0.15) is 0 Å². The smallest absolute Gasteiger partial charge is 0.316 e. The first-order valence-corrected chi connectivity index (χ1v) is 6.50. The van der Waals surface area contributed by atoms with Crippen LogP contribution in [-0.2, 0) is 6.54 Å². The first-order valence-electron chi connectivity index (χ1n) is 6.50. The maximum atomic E-state index is 5.50. The topological polar surface area (TPSA) is 75.9 Å². The molecule has 6 nitrogen and oxygen atoms in total. The van der Waals surface area contributed by atoms with Crippen LogP contribution < -0.4 is 10.6 Å². The van der Waals surface area contributed by atoms with Crippen molar-refractivity contribution in [2.45, 2.75) is 32.9 Å². The van der Waals surface area contributed by atoms with Gasteiger partial charge in [-0.15, -0.1) is 5.10 Å². The number of rotatable bonds is 7. The lowest BCUT2D eigenvalue weighted by Gasteiger charge is -2.10. The number of hydrogen-bond donors (Lipinski definition) is 2. The molecule has 0 amide bonds. The van der Waals surface area contributed by atoms with Gasteiger partial charge in [-0.1, -0.05) is 18.1 Å². The zero-order valence-corrected chi connectivity index (χ0v) is 11.3. The SMILES string of the molecule is CCCNCc1nnc(NC(C)c2ccccn2)o1. The van der Waals surface area contributed by atoms with E-state index < -0.39 is 0 Å². The molecule has 0 spiro atoms. The van der Waals surface area contributed by atoms with E-state index in [9.17, 15) is 0 Å². The first kappa shape index (κ1) is 13.5. The summed E-state index contributed by atoms with van der Waals surface area (Å²) in [6.45, 7) is 5.65. The van der Waals surface area contributed by atoms with Crippen molar-refractivity contribution in [2.24, 2.45) is 0 Å². The Morgan fingerprint density at radius 1 is 1.32 bits per heavy atom. The molecule has 6 heteroatoms. The third-order valence-electron chi connectivity index (χ3n) is 2.64. The van der Waals surface area contributed by atoms with E-state index in [1.54, 1.807) is 6.20 Å². The van der Waals surface area contributed by atoms with E-state index >= 15 is 0 Å². The van der Waals surface area contributed by atoms with Crippen LogP contribution in [0, 0.1) is 0 Å². The van der Waals surface area contributed by atoms with Gasteiger partial charge in [0.1, 0.15) is 0 Å². The van der Waals surface area contributed by atoms with Gasteiger partial charge in [-0.05, 0) is 32.0 Å². The van der Waals surface area contributed by atoms with Crippen molar-refractivity contribution in [1.29, 1.82) is 0 Å². The Hall–Kier alpha value is -1.95. The minimum atomic E-state index is 0.0260. The molecule has 2 N–H and O–H groups in total. The molecule has 0 saturated heterocycles. The van der Waals surface area contributed by atoms with Gasteiger partial charge in [-0.25, -0.2) is 0 Å². The van der Waals surface area contributed by atoms with Crippen molar-refractivity contribution >= 4 is 6.01 Å². The molecule has 0 bridgehead atoms. The van der Waals surface area contributed by atoms with Crippen LogP contribution in [-0.4, -0.2) is 21.7 Å². The molecule has 19 heavy (non-hydrogen) atoms. The van der Waals surface area contributed by atoms with Gasteiger partial charge in [0, 0.05) is 6.20 Å². The molecule has 0 fully saturated rings. The van der Waals surface area contributed by atoms with Gasteiger partial charge in [-0.3, -0.25) is 4.98 Å². The Morgan fingerprint density at radius 3 is 2.95 bits per heavy atom. The molecule has 0 aliphatic rings. The molecular formula is C13H19N5O. The van der Waals surface area contributed by atoms with E-state index in [-0.39, 0.29) is 6.04 Å². The van der Waals surface area contributed by atoms with Crippen LogP contribution in [0.4, 0.5) is 6.01 Å². The standard InChI is InChI=1S/C13H19N5O/c1-3-7-14-9-12-17-18-13(19-12)16-10(2)11-6-4-5-8-15-11/h4-6,8,10,14H,3,7,9H2,1-2H3,(H,16,18). The van der Waals surface area contributed by atoms with Gasteiger partial charge in [0.15, 0.2) is 0 Å². The van der Waals surface area contributed by atoms with Crippen LogP contribution in [0.5, 0.6) is 0 Å². The fourth-order valence-electron chi connectivity index (χ4n) is 1.65. The van der Waals surface area contributed by atoms with Crippen LogP contribution in [0.25, 0.3) is 0 Å². The molecule has 2 heterocycles. The third-order valence-corrected chi connectivity index (χ3v) is 2.64. The summed E-state index contributed by atoms with van der Waals surface area (Å²) in [5, 5.41) is 14.3. The normalized spacial score (nSPS) is 12.3. The summed E-state index contributed by atoms with van der Waals surface area (Å²) < 4.78 is 5.50. The quantitative estimate of drug-likeness (QED) is 0.744. The van der Waals surface area contributed by atoms with Crippen molar-refractivity contribution in [1.82, 2.24) is 20.5 Å². The predicted molar refractivity (Wildman–Crippen MR) is 72.6 cm³/mol. The molecule has 2 rings (SSSR count). The highest BCUT2D eigenvalue weighted by atomic mass is 16.4. The maximum Gasteiger partial charge on any atom is 0.316 e. The largest absolute Gasteiger partial charge is 0.407 e. The maximum absolute atomic E-state index is 5.50. The summed E-state index contributed by atoms with van der Waals surface area (Å²) >= 11 is 0. The first-order chi connectivity index (χ1) is 9.29. The lowest BCUT2D eigenvalue weighted by molar-refractivity contribution is 0.474. The van der Waals surface area contributed by atoms with Crippen LogP contribution in [0.3, 0.4) is 0 Å². The second-order valence-corrected chi connectivity index (χ2v) is 4.30. The molecule has 102 valence electrons. The molecule has 0 aliphatic carbocycles. The Kier molecular flexibility index (Phi) is 4.85. The monoisotopic (exact) mass is 261 g/mol. The Bertz CT molecular complexity index is 485. The second kappa shape index (κ2) is 6.84. The number of hydrogen-bond acceptors (Lipinski definition) is 6. The highest BCUT2D eigenvalue weighted by molar-refractivity contribution is 5.24. The van der Waals surface area contributed by atoms with Crippen molar-refractivity contribution < 1.29 is 4.42 Å². The highest BCUT2D eigenvalue weighted by Gasteiger charge is 2.11. The van der Waals surface area contributed by atoms with Gasteiger partial charge in [0.2, 0.25) is 5.89 Å². The van der Waals surface area contributed by atoms with Gasteiger partial charge in [0.25, 0.3) is 0 Å². The molecule has 0 saturated carbocycles. The summed E-state index contributed by atoms with van der Waals surface area (Å²) in [6.07, 6.45) is 2.84. The number of anilines is 1. The Labute approximate surface area is 112 Å². The minimum Gasteiger partial charge on any atom is -0.407 e. The fourth-order valence-corrected chi connectivity index (χ4v) is 1.65. The summed E-state index contributed by atoms with van der Waals surface area (Å²) in [5.74, 6) is 0.587. The van der Waals surface area contributed by atoms with E-state index in [4.69, 9.17) is 4.42 Å². The lowest BCUT2D eigenvalue weighted by atomic mass is 10.2. The average Bonchev–Trinajstić information content (AvgIpc) is 2.88. The zero-order valence-electron chi connectivity index (χ0n) is 11.3. The Balaban J connectivity index is 1.89. The second-order valence-electron chi connectivity index (χ2n) is 4.30. The lowest BCUT2D eigenvalue weighted by Crippen LogP contribution is -2.13. The van der Waals surface area contributed by atoms with Crippen molar-refractivity contribution in [3.8, 4) is 0 Å². The average molecular weight is 261 g/mol. The molecule has 1 unspecified atom stereocenters. The fraction of sp³-hybridized carbons (Fsp3) is 0.462. The van der Waals surface area contributed by atoms with Crippen LogP contribution in [0.2, 0.25) is 0 Å². The molecule has 1 atom stereocenters. The van der Waals surface area contributed by atoms with Crippen molar-refractivity contribution in [3.63, 3.8) is 0 Å². The third kappa shape index (κ3) is 4.03. The molecule has 0 radical (unpaired) electrons. The number of nitrogens with zero attached hydrogens (tertiary/aromatic N) is 3. The van der Waals surface area contributed by atoms with Crippen molar-refractivity contribution in [2.75, 3.05) is 11.9 Å². The van der Waals surface area contributed by atoms with Gasteiger partial charge in [0.05, 0.1) is 18.3 Å². The molecule has 0 aromatic carbocycles. The number of aromatic nitrogens is 3. The summed E-state index contributed by atoms with van der Waals surface area (Å²) in [7, 11) is 0. The minimum absolute atomic E-state index is 0.0260. The van der Waals surface area contributed by atoms with E-state index in [2.05, 4.69) is 32.7 Å².